The fourth-order valence-corrected chi connectivity index (χ4v) is 4.17. The second-order valence-electron chi connectivity index (χ2n) is 7.13. The van der Waals surface area contributed by atoms with E-state index in [2.05, 4.69) is 30.0 Å². The first kappa shape index (κ1) is 23.6. The molecule has 2 aromatic carbocycles. The van der Waals surface area contributed by atoms with Gasteiger partial charge in [0.25, 0.3) is 21.5 Å². The molecule has 2 N–H and O–H groups in total. The van der Waals surface area contributed by atoms with Gasteiger partial charge >= 0.3 is 0 Å². The van der Waals surface area contributed by atoms with Crippen LogP contribution in [-0.4, -0.2) is 42.4 Å². The lowest BCUT2D eigenvalue weighted by atomic mass is 10.3. The van der Waals surface area contributed by atoms with Crippen molar-refractivity contribution in [1.29, 1.82) is 0 Å². The van der Waals surface area contributed by atoms with Crippen molar-refractivity contribution in [3.05, 3.63) is 77.0 Å². The van der Waals surface area contributed by atoms with Crippen LogP contribution in [-0.2, 0) is 10.0 Å². The number of ether oxygens (including phenoxy) is 2. The molecule has 12 nitrogen and oxygen atoms in total. The Morgan fingerprint density at radius 2 is 1.69 bits per heavy atom. The first-order valence-corrected chi connectivity index (χ1v) is 11.7. The number of nitrogens with zero attached hydrogens (tertiary/aromatic N) is 5. The van der Waals surface area contributed by atoms with Crippen LogP contribution in [0.25, 0.3) is 5.69 Å². The molecule has 0 aliphatic rings. The zero-order chi connectivity index (χ0) is 25.0. The molecule has 180 valence electrons. The van der Waals surface area contributed by atoms with E-state index >= 15 is 0 Å². The lowest BCUT2D eigenvalue weighted by molar-refractivity contribution is 0.342. The maximum atomic E-state index is 12.8. The van der Waals surface area contributed by atoms with E-state index in [0.29, 0.717) is 17.1 Å². The standard InChI is InChI=1S/C22H21N7O5S/c1-14-18(22(30)29(27-14)16-7-5-4-6-8-16)26-25-15-9-11-17(12-10-15)35(31,32)28-20-19(33-2)21(34-3)24-13-23-20/h4-13,27H,1-3H3,(H,23,24,28). The van der Waals surface area contributed by atoms with Crippen molar-refractivity contribution in [2.24, 2.45) is 10.2 Å². The number of hydrogen-bond donors (Lipinski definition) is 2. The van der Waals surface area contributed by atoms with Gasteiger partial charge in [0.05, 0.1) is 36.2 Å². The summed E-state index contributed by atoms with van der Waals surface area (Å²) >= 11 is 0. The number of sulfonamides is 1. The summed E-state index contributed by atoms with van der Waals surface area (Å²) in [5.74, 6) is 0.0649. The molecule has 0 amide bonds. The van der Waals surface area contributed by atoms with E-state index < -0.39 is 10.0 Å². The van der Waals surface area contributed by atoms with Crippen molar-refractivity contribution in [2.75, 3.05) is 18.9 Å². The van der Waals surface area contributed by atoms with Gasteiger partial charge in [-0.25, -0.2) is 18.1 Å². The van der Waals surface area contributed by atoms with Crippen LogP contribution >= 0.6 is 0 Å². The summed E-state index contributed by atoms with van der Waals surface area (Å²) in [5.41, 5.74) is 1.37. The van der Waals surface area contributed by atoms with Gasteiger partial charge in [0.15, 0.2) is 11.5 Å². The molecule has 0 atom stereocenters. The Morgan fingerprint density at radius 3 is 2.34 bits per heavy atom. The van der Waals surface area contributed by atoms with E-state index in [9.17, 15) is 13.2 Å². The molecule has 0 unspecified atom stereocenters. The fraction of sp³-hybridized carbons (Fsp3) is 0.136. The van der Waals surface area contributed by atoms with Gasteiger partial charge in [0.1, 0.15) is 6.33 Å². The zero-order valence-electron chi connectivity index (χ0n) is 19.0. The molecule has 0 saturated carbocycles. The Bertz CT molecular complexity index is 1530. The van der Waals surface area contributed by atoms with Crippen LogP contribution in [0.15, 0.2) is 80.8 Å². The maximum absolute atomic E-state index is 12.8. The van der Waals surface area contributed by atoms with Gasteiger partial charge in [-0.05, 0) is 43.3 Å². The van der Waals surface area contributed by atoms with Crippen LogP contribution in [0.4, 0.5) is 17.2 Å². The van der Waals surface area contributed by atoms with E-state index in [1.165, 1.54) is 43.2 Å². The molecule has 0 spiro atoms. The van der Waals surface area contributed by atoms with Crippen molar-refractivity contribution in [2.45, 2.75) is 11.8 Å². The Hall–Kier alpha value is -4.52. The lowest BCUT2D eigenvalue weighted by Crippen LogP contribution is -2.15. The molecule has 35 heavy (non-hydrogen) atoms. The van der Waals surface area contributed by atoms with Gasteiger partial charge in [-0.1, -0.05) is 18.2 Å². The molecule has 0 fully saturated rings. The number of methoxy groups -OCH3 is 2. The molecule has 0 saturated heterocycles. The molecule has 2 aromatic heterocycles. The predicted octanol–water partition coefficient (Wildman–Crippen LogP) is 3.50. The van der Waals surface area contributed by atoms with Gasteiger partial charge < -0.3 is 9.47 Å². The van der Waals surface area contributed by atoms with Crippen LogP contribution in [0.5, 0.6) is 11.6 Å². The summed E-state index contributed by atoms with van der Waals surface area (Å²) in [6.07, 6.45) is 1.15. The minimum absolute atomic E-state index is 0.0414. The van der Waals surface area contributed by atoms with E-state index in [0.717, 1.165) is 6.33 Å². The molecular weight excluding hydrogens is 474 g/mol. The summed E-state index contributed by atoms with van der Waals surface area (Å²) in [7, 11) is -1.28. The van der Waals surface area contributed by atoms with Crippen LogP contribution in [0, 0.1) is 6.92 Å². The number of anilines is 1. The fourth-order valence-electron chi connectivity index (χ4n) is 3.16. The predicted molar refractivity (Wildman–Crippen MR) is 128 cm³/mol. The average Bonchev–Trinajstić information content (AvgIpc) is 3.16. The number of benzene rings is 2. The molecule has 2 heterocycles. The van der Waals surface area contributed by atoms with Crippen LogP contribution in [0.1, 0.15) is 5.69 Å². The highest BCUT2D eigenvalue weighted by Gasteiger charge is 2.20. The van der Waals surface area contributed by atoms with E-state index in [1.807, 2.05) is 18.2 Å². The molecule has 0 bridgehead atoms. The third-order valence-corrected chi connectivity index (χ3v) is 6.22. The monoisotopic (exact) mass is 495 g/mol. The number of aromatic amines is 1. The number of hydrogen-bond acceptors (Lipinski definition) is 9. The number of rotatable bonds is 8. The van der Waals surface area contributed by atoms with Gasteiger partial charge in [-0.3, -0.25) is 14.6 Å². The molecule has 4 aromatic rings. The van der Waals surface area contributed by atoms with Gasteiger partial charge in [0, 0.05) is 0 Å². The Balaban J connectivity index is 1.55. The van der Waals surface area contributed by atoms with Crippen LogP contribution < -0.4 is 19.8 Å². The van der Waals surface area contributed by atoms with Crippen molar-refractivity contribution in [3.63, 3.8) is 0 Å². The molecule has 0 aliphatic heterocycles. The highest BCUT2D eigenvalue weighted by atomic mass is 32.2. The third-order valence-electron chi connectivity index (χ3n) is 4.87. The quantitative estimate of drug-likeness (QED) is 0.355. The molecule has 13 heteroatoms. The van der Waals surface area contributed by atoms with Gasteiger partial charge in [0.2, 0.25) is 5.75 Å². The smallest absolute Gasteiger partial charge is 0.299 e. The second kappa shape index (κ2) is 9.77. The van der Waals surface area contributed by atoms with Crippen LogP contribution in [0.2, 0.25) is 0 Å². The number of aromatic nitrogens is 4. The van der Waals surface area contributed by atoms with E-state index in [1.54, 1.807) is 19.1 Å². The van der Waals surface area contributed by atoms with Crippen molar-refractivity contribution >= 4 is 27.2 Å². The topological polar surface area (TPSA) is 153 Å². The Labute approximate surface area is 200 Å². The summed E-state index contributed by atoms with van der Waals surface area (Å²) in [6, 6.07) is 14.7. The minimum atomic E-state index is -4.00. The second-order valence-corrected chi connectivity index (χ2v) is 8.81. The zero-order valence-corrected chi connectivity index (χ0v) is 19.8. The van der Waals surface area contributed by atoms with Crippen molar-refractivity contribution < 1.29 is 17.9 Å². The summed E-state index contributed by atoms with van der Waals surface area (Å²) in [6.45, 7) is 1.72. The number of azo groups is 1. The largest absolute Gasteiger partial charge is 0.489 e. The summed E-state index contributed by atoms with van der Waals surface area (Å²) in [5, 5.41) is 11.1. The normalized spacial score (nSPS) is 11.5. The SMILES string of the molecule is COc1ncnc(NS(=O)(=O)c2ccc(N=Nc3c(C)[nH]n(-c4ccccc4)c3=O)cc2)c1OC. The molecule has 0 radical (unpaired) electrons. The summed E-state index contributed by atoms with van der Waals surface area (Å²) in [4.78, 5) is 20.5. The van der Waals surface area contributed by atoms with Gasteiger partial charge in [-0.2, -0.15) is 10.1 Å². The first-order chi connectivity index (χ1) is 16.8. The first-order valence-electron chi connectivity index (χ1n) is 10.2. The maximum Gasteiger partial charge on any atom is 0.299 e. The van der Waals surface area contributed by atoms with Crippen molar-refractivity contribution in [1.82, 2.24) is 19.7 Å². The Morgan fingerprint density at radius 1 is 0.971 bits per heavy atom. The number of aryl methyl sites for hydroxylation is 1. The third kappa shape index (κ3) is 4.89. The highest BCUT2D eigenvalue weighted by molar-refractivity contribution is 7.92. The van der Waals surface area contributed by atoms with Gasteiger partial charge in [-0.15, -0.1) is 5.11 Å². The molecule has 0 aliphatic carbocycles. The summed E-state index contributed by atoms with van der Waals surface area (Å²) < 4.78 is 39.6. The lowest BCUT2D eigenvalue weighted by Gasteiger charge is -2.12. The van der Waals surface area contributed by atoms with E-state index in [-0.39, 0.29) is 33.6 Å². The number of H-pyrrole nitrogens is 1. The molecule has 4 rings (SSSR count). The molecular formula is C22H21N7O5S. The Kier molecular flexibility index (Phi) is 6.59. The number of para-hydroxylation sites is 1. The average molecular weight is 496 g/mol. The van der Waals surface area contributed by atoms with Crippen LogP contribution in [0.3, 0.4) is 0 Å². The minimum Gasteiger partial charge on any atom is -0.489 e. The highest BCUT2D eigenvalue weighted by Crippen LogP contribution is 2.32. The van der Waals surface area contributed by atoms with E-state index in [4.69, 9.17) is 9.47 Å². The van der Waals surface area contributed by atoms with Crippen molar-refractivity contribution in [3.8, 4) is 17.3 Å². The number of nitrogens with one attached hydrogen (secondary N) is 2.